The molecule has 2 aliphatic heterocycles. The number of ether oxygens (including phenoxy) is 2. The zero-order valence-corrected chi connectivity index (χ0v) is 15.4. The van der Waals surface area contributed by atoms with Gasteiger partial charge in [-0.25, -0.2) is 4.98 Å². The van der Waals surface area contributed by atoms with Gasteiger partial charge in [-0.1, -0.05) is 0 Å². The summed E-state index contributed by atoms with van der Waals surface area (Å²) >= 11 is 0. The average molecular weight is 361 g/mol. The topological polar surface area (TPSA) is 72.0 Å². The summed E-state index contributed by atoms with van der Waals surface area (Å²) in [6.07, 6.45) is 5.47. The van der Waals surface area contributed by atoms with Crippen molar-refractivity contribution in [1.82, 2.24) is 14.8 Å². The summed E-state index contributed by atoms with van der Waals surface area (Å²) in [5.74, 6) is 0.325. The summed E-state index contributed by atoms with van der Waals surface area (Å²) in [4.78, 5) is 32.8. The van der Waals surface area contributed by atoms with Crippen LogP contribution in [0.2, 0.25) is 0 Å². The maximum absolute atomic E-state index is 12.8. The zero-order valence-electron chi connectivity index (χ0n) is 15.4. The van der Waals surface area contributed by atoms with Gasteiger partial charge in [0.15, 0.2) is 0 Å². The second-order valence-electron chi connectivity index (χ2n) is 6.71. The number of rotatable bonds is 6. The Morgan fingerprint density at radius 1 is 1.19 bits per heavy atom. The molecule has 3 rings (SSSR count). The molecule has 2 aliphatic rings. The van der Waals surface area contributed by atoms with Crippen LogP contribution in [0.3, 0.4) is 0 Å². The summed E-state index contributed by atoms with van der Waals surface area (Å²) in [6.45, 7) is 5.21. The third kappa shape index (κ3) is 4.52. The van der Waals surface area contributed by atoms with Crippen LogP contribution in [0, 0.1) is 0 Å². The Hall–Kier alpha value is -2.15. The molecule has 3 heterocycles. The third-order valence-electron chi connectivity index (χ3n) is 4.85. The predicted molar refractivity (Wildman–Crippen MR) is 96.1 cm³/mol. The number of amides is 2. The van der Waals surface area contributed by atoms with E-state index in [-0.39, 0.29) is 24.5 Å². The van der Waals surface area contributed by atoms with Crippen molar-refractivity contribution in [3.05, 3.63) is 23.9 Å². The van der Waals surface area contributed by atoms with E-state index in [1.807, 2.05) is 11.8 Å². The van der Waals surface area contributed by atoms with Gasteiger partial charge in [-0.05, 0) is 38.3 Å². The van der Waals surface area contributed by atoms with E-state index in [1.54, 1.807) is 23.2 Å². The van der Waals surface area contributed by atoms with E-state index in [2.05, 4.69) is 4.98 Å². The lowest BCUT2D eigenvalue weighted by Crippen LogP contribution is -2.36. The molecule has 0 bridgehead atoms. The summed E-state index contributed by atoms with van der Waals surface area (Å²) in [7, 11) is 0. The first-order chi connectivity index (χ1) is 12.7. The fourth-order valence-corrected chi connectivity index (χ4v) is 3.40. The molecule has 1 aromatic rings. The van der Waals surface area contributed by atoms with Crippen LogP contribution >= 0.6 is 0 Å². The van der Waals surface area contributed by atoms with E-state index in [4.69, 9.17) is 9.47 Å². The largest absolute Gasteiger partial charge is 0.472 e. The van der Waals surface area contributed by atoms with Crippen molar-refractivity contribution in [3.8, 4) is 5.88 Å². The highest BCUT2D eigenvalue weighted by Crippen LogP contribution is 2.23. The van der Waals surface area contributed by atoms with E-state index >= 15 is 0 Å². The van der Waals surface area contributed by atoms with Gasteiger partial charge >= 0.3 is 0 Å². The van der Waals surface area contributed by atoms with Crippen molar-refractivity contribution in [1.29, 1.82) is 0 Å². The molecule has 1 atom stereocenters. The number of carbonyl (C=O) groups excluding carboxylic acids is 2. The van der Waals surface area contributed by atoms with Crippen LogP contribution in [0.5, 0.6) is 5.88 Å². The molecule has 0 saturated carbocycles. The lowest BCUT2D eigenvalue weighted by Gasteiger charge is -2.27. The number of aromatic nitrogens is 1. The summed E-state index contributed by atoms with van der Waals surface area (Å²) < 4.78 is 11.2. The highest BCUT2D eigenvalue weighted by Gasteiger charge is 2.29. The summed E-state index contributed by atoms with van der Waals surface area (Å²) in [6, 6.07) is 3.53. The van der Waals surface area contributed by atoms with Crippen LogP contribution < -0.4 is 4.74 Å². The Labute approximate surface area is 154 Å². The Balaban J connectivity index is 1.62. The molecule has 1 aromatic heterocycles. The minimum Gasteiger partial charge on any atom is -0.472 e. The molecular formula is C19H27N3O4. The number of hydrogen-bond donors (Lipinski definition) is 0. The Morgan fingerprint density at radius 3 is 2.77 bits per heavy atom. The van der Waals surface area contributed by atoms with Crippen molar-refractivity contribution in [3.63, 3.8) is 0 Å². The fourth-order valence-electron chi connectivity index (χ4n) is 3.40. The van der Waals surface area contributed by atoms with Gasteiger partial charge in [0.25, 0.3) is 5.91 Å². The average Bonchev–Trinajstić information content (AvgIpc) is 3.15. The standard InChI is InChI=1S/C19H27N3O4/c1-2-25-14-17(23)22-12-8-15(13-22)26-18-16(7-6-9-20-18)19(24)21-10-4-3-5-11-21/h6-7,9,15H,2-5,8,10-14H2,1H3. The van der Waals surface area contributed by atoms with Gasteiger partial charge < -0.3 is 19.3 Å². The van der Waals surface area contributed by atoms with Gasteiger partial charge in [0.05, 0.1) is 6.54 Å². The smallest absolute Gasteiger partial charge is 0.259 e. The molecule has 0 N–H and O–H groups in total. The summed E-state index contributed by atoms with van der Waals surface area (Å²) in [5, 5.41) is 0. The Kier molecular flexibility index (Phi) is 6.44. The Bertz CT molecular complexity index is 631. The molecule has 2 saturated heterocycles. The minimum absolute atomic E-state index is 0.0184. The van der Waals surface area contributed by atoms with Gasteiger partial charge in [0.1, 0.15) is 18.3 Å². The molecule has 7 heteroatoms. The minimum atomic E-state index is -0.150. The van der Waals surface area contributed by atoms with Crippen LogP contribution in [-0.4, -0.2) is 72.1 Å². The molecule has 26 heavy (non-hydrogen) atoms. The highest BCUT2D eigenvalue weighted by atomic mass is 16.5. The third-order valence-corrected chi connectivity index (χ3v) is 4.85. The number of pyridine rings is 1. The van der Waals surface area contributed by atoms with Gasteiger partial charge in [0.2, 0.25) is 11.8 Å². The quantitative estimate of drug-likeness (QED) is 0.772. The van der Waals surface area contributed by atoms with Gasteiger partial charge in [-0.2, -0.15) is 0 Å². The van der Waals surface area contributed by atoms with E-state index in [9.17, 15) is 9.59 Å². The van der Waals surface area contributed by atoms with E-state index in [1.165, 1.54) is 6.42 Å². The predicted octanol–water partition coefficient (Wildman–Crippen LogP) is 1.72. The maximum atomic E-state index is 12.8. The number of carbonyl (C=O) groups is 2. The van der Waals surface area contributed by atoms with E-state index < -0.39 is 0 Å². The normalized spacial score (nSPS) is 20.3. The number of likely N-dealkylation sites (tertiary alicyclic amines) is 2. The van der Waals surface area contributed by atoms with Crippen molar-refractivity contribution >= 4 is 11.8 Å². The van der Waals surface area contributed by atoms with Gasteiger partial charge in [-0.15, -0.1) is 0 Å². The van der Waals surface area contributed by atoms with Crippen LogP contribution in [0.4, 0.5) is 0 Å². The highest BCUT2D eigenvalue weighted by molar-refractivity contribution is 5.96. The first-order valence-corrected chi connectivity index (χ1v) is 9.45. The summed E-state index contributed by atoms with van der Waals surface area (Å²) in [5.41, 5.74) is 0.508. The van der Waals surface area contributed by atoms with Crippen LogP contribution in [0.15, 0.2) is 18.3 Å². The molecule has 1 unspecified atom stereocenters. The molecule has 7 nitrogen and oxygen atoms in total. The monoisotopic (exact) mass is 361 g/mol. The molecule has 2 amide bonds. The first kappa shape index (κ1) is 18.6. The second-order valence-corrected chi connectivity index (χ2v) is 6.71. The van der Waals surface area contributed by atoms with Gasteiger partial charge in [-0.3, -0.25) is 9.59 Å². The van der Waals surface area contributed by atoms with Gasteiger partial charge in [0, 0.05) is 38.9 Å². The molecule has 142 valence electrons. The molecule has 0 aliphatic carbocycles. The van der Waals surface area contributed by atoms with E-state index in [0.29, 0.717) is 31.1 Å². The van der Waals surface area contributed by atoms with Crippen molar-refractivity contribution in [2.24, 2.45) is 0 Å². The number of nitrogens with zero attached hydrogens (tertiary/aromatic N) is 3. The fraction of sp³-hybridized carbons (Fsp3) is 0.632. The lowest BCUT2D eigenvalue weighted by atomic mass is 10.1. The van der Waals surface area contributed by atoms with Crippen molar-refractivity contribution in [2.75, 3.05) is 39.4 Å². The first-order valence-electron chi connectivity index (χ1n) is 9.45. The molecule has 0 spiro atoms. The maximum Gasteiger partial charge on any atom is 0.259 e. The molecule has 0 aromatic carbocycles. The molecular weight excluding hydrogens is 334 g/mol. The van der Waals surface area contributed by atoms with Crippen molar-refractivity contribution in [2.45, 2.75) is 38.7 Å². The lowest BCUT2D eigenvalue weighted by molar-refractivity contribution is -0.135. The van der Waals surface area contributed by atoms with Crippen LogP contribution in [0.1, 0.15) is 43.0 Å². The number of hydrogen-bond acceptors (Lipinski definition) is 5. The second kappa shape index (κ2) is 8.98. The SMILES string of the molecule is CCOCC(=O)N1CCC(Oc2ncccc2C(=O)N2CCCCC2)C1. The number of piperidine rings is 1. The van der Waals surface area contributed by atoms with Crippen LogP contribution in [0.25, 0.3) is 0 Å². The Morgan fingerprint density at radius 2 is 2.00 bits per heavy atom. The molecule has 2 fully saturated rings. The molecule has 0 radical (unpaired) electrons. The van der Waals surface area contributed by atoms with E-state index in [0.717, 1.165) is 32.4 Å². The zero-order chi connectivity index (χ0) is 18.4. The van der Waals surface area contributed by atoms with Crippen LogP contribution in [-0.2, 0) is 9.53 Å². The van der Waals surface area contributed by atoms with Crippen molar-refractivity contribution < 1.29 is 19.1 Å².